The van der Waals surface area contributed by atoms with E-state index in [1.165, 1.54) is 12.8 Å². The Morgan fingerprint density at radius 3 is 2.31 bits per heavy atom. The summed E-state index contributed by atoms with van der Waals surface area (Å²) in [5, 5.41) is 3.25. The quantitative estimate of drug-likeness (QED) is 0.685. The smallest absolute Gasteiger partial charge is 0.234 e. The van der Waals surface area contributed by atoms with Crippen molar-refractivity contribution in [2.75, 3.05) is 0 Å². The van der Waals surface area contributed by atoms with Gasteiger partial charge in [-0.3, -0.25) is 4.79 Å². The van der Waals surface area contributed by atoms with Crippen molar-refractivity contribution in [1.82, 2.24) is 5.32 Å². The molecule has 1 atom stereocenters. The number of hydrogen-bond acceptors (Lipinski definition) is 2. The van der Waals surface area contributed by atoms with Crippen LogP contribution in [0.1, 0.15) is 39.5 Å². The lowest BCUT2D eigenvalue weighted by atomic mass is 9.97. The largest absolute Gasteiger partial charge is 0.368 e. The van der Waals surface area contributed by atoms with Crippen LogP contribution in [0.2, 0.25) is 0 Å². The van der Waals surface area contributed by atoms with Crippen molar-refractivity contribution in [1.29, 1.82) is 0 Å². The van der Waals surface area contributed by atoms with E-state index in [-0.39, 0.29) is 11.9 Å². The third-order valence-corrected chi connectivity index (χ3v) is 2.69. The zero-order valence-corrected chi connectivity index (χ0v) is 8.55. The molecule has 1 aliphatic rings. The van der Waals surface area contributed by atoms with Crippen molar-refractivity contribution in [2.45, 2.75) is 51.6 Å². The third-order valence-electron chi connectivity index (χ3n) is 2.69. The minimum Gasteiger partial charge on any atom is -0.368 e. The molecule has 0 aliphatic heterocycles. The van der Waals surface area contributed by atoms with Crippen LogP contribution >= 0.6 is 0 Å². The Balaban J connectivity index is 2.50. The van der Waals surface area contributed by atoms with Crippen molar-refractivity contribution in [3.8, 4) is 0 Å². The Morgan fingerprint density at radius 1 is 1.38 bits per heavy atom. The Labute approximate surface area is 80.1 Å². The van der Waals surface area contributed by atoms with Crippen LogP contribution in [0.4, 0.5) is 0 Å². The monoisotopic (exact) mass is 184 g/mol. The Hall–Kier alpha value is -0.570. The molecule has 0 heterocycles. The molecule has 0 aromatic carbocycles. The van der Waals surface area contributed by atoms with E-state index in [0.717, 1.165) is 12.8 Å². The molecule has 0 bridgehead atoms. The van der Waals surface area contributed by atoms with Gasteiger partial charge < -0.3 is 11.1 Å². The topological polar surface area (TPSA) is 55.1 Å². The molecule has 0 saturated heterocycles. The first-order valence-electron chi connectivity index (χ1n) is 5.16. The van der Waals surface area contributed by atoms with Gasteiger partial charge in [0, 0.05) is 6.04 Å². The highest BCUT2D eigenvalue weighted by atomic mass is 16.1. The number of primary amides is 1. The van der Waals surface area contributed by atoms with Gasteiger partial charge in [-0.05, 0) is 18.8 Å². The van der Waals surface area contributed by atoms with E-state index >= 15 is 0 Å². The fourth-order valence-electron chi connectivity index (χ4n) is 2.10. The minimum atomic E-state index is -0.194. The summed E-state index contributed by atoms with van der Waals surface area (Å²) in [5.41, 5.74) is 5.36. The maximum absolute atomic E-state index is 11.2. The van der Waals surface area contributed by atoms with Gasteiger partial charge in [0.05, 0.1) is 6.04 Å². The lowest BCUT2D eigenvalue weighted by molar-refractivity contribution is -0.121. The standard InChI is InChI=1S/C10H20N2O/c1-7(2)12-9(10(11)13)8-5-3-4-6-8/h7-9,12H,3-6H2,1-2H3,(H2,11,13). The van der Waals surface area contributed by atoms with Gasteiger partial charge in [0.25, 0.3) is 0 Å². The van der Waals surface area contributed by atoms with Crippen LogP contribution < -0.4 is 11.1 Å². The first-order chi connectivity index (χ1) is 6.11. The third kappa shape index (κ3) is 2.99. The van der Waals surface area contributed by atoms with E-state index in [0.29, 0.717) is 12.0 Å². The number of nitrogens with one attached hydrogen (secondary N) is 1. The molecule has 1 rings (SSSR count). The molecule has 3 heteroatoms. The second-order valence-corrected chi connectivity index (χ2v) is 4.25. The van der Waals surface area contributed by atoms with E-state index in [4.69, 9.17) is 5.73 Å². The summed E-state index contributed by atoms with van der Waals surface area (Å²) < 4.78 is 0. The molecule has 3 N–H and O–H groups in total. The Bertz CT molecular complexity index is 174. The molecule has 1 fully saturated rings. The Morgan fingerprint density at radius 2 is 1.92 bits per heavy atom. The van der Waals surface area contributed by atoms with E-state index in [2.05, 4.69) is 5.32 Å². The summed E-state index contributed by atoms with van der Waals surface area (Å²) in [5.74, 6) is 0.278. The fraction of sp³-hybridized carbons (Fsp3) is 0.900. The molecule has 1 aliphatic carbocycles. The zero-order valence-electron chi connectivity index (χ0n) is 8.55. The minimum absolute atomic E-state index is 0.109. The van der Waals surface area contributed by atoms with Gasteiger partial charge in [0.15, 0.2) is 0 Å². The summed E-state index contributed by atoms with van der Waals surface area (Å²) in [6.45, 7) is 4.09. The lowest BCUT2D eigenvalue weighted by Crippen LogP contribution is -2.48. The van der Waals surface area contributed by atoms with Crippen LogP contribution in [0, 0.1) is 5.92 Å². The van der Waals surface area contributed by atoms with Gasteiger partial charge >= 0.3 is 0 Å². The molecule has 0 spiro atoms. The molecule has 13 heavy (non-hydrogen) atoms. The maximum atomic E-state index is 11.2. The first kappa shape index (κ1) is 10.5. The summed E-state index contributed by atoms with van der Waals surface area (Å²) >= 11 is 0. The summed E-state index contributed by atoms with van der Waals surface area (Å²) in [4.78, 5) is 11.2. The average Bonchev–Trinajstić information content (AvgIpc) is 2.50. The normalized spacial score (nSPS) is 20.8. The van der Waals surface area contributed by atoms with Crippen molar-refractivity contribution < 1.29 is 4.79 Å². The number of hydrogen-bond donors (Lipinski definition) is 2. The molecule has 0 radical (unpaired) electrons. The number of amides is 1. The number of nitrogens with two attached hydrogens (primary N) is 1. The first-order valence-corrected chi connectivity index (χ1v) is 5.16. The number of carbonyl (C=O) groups is 1. The highest BCUT2D eigenvalue weighted by Crippen LogP contribution is 2.27. The molecular weight excluding hydrogens is 164 g/mol. The van der Waals surface area contributed by atoms with Crippen LogP contribution in [0.15, 0.2) is 0 Å². The maximum Gasteiger partial charge on any atom is 0.234 e. The van der Waals surface area contributed by atoms with Crippen LogP contribution in [0.25, 0.3) is 0 Å². The summed E-state index contributed by atoms with van der Waals surface area (Å²) in [6, 6.07) is 0.223. The van der Waals surface area contributed by atoms with Crippen LogP contribution in [0.5, 0.6) is 0 Å². The highest BCUT2D eigenvalue weighted by Gasteiger charge is 2.28. The predicted octanol–water partition coefficient (Wildman–Crippen LogP) is 1.03. The fourth-order valence-corrected chi connectivity index (χ4v) is 2.10. The van der Waals surface area contributed by atoms with Crippen LogP contribution in [-0.2, 0) is 4.79 Å². The van der Waals surface area contributed by atoms with Gasteiger partial charge in [-0.1, -0.05) is 26.7 Å². The van der Waals surface area contributed by atoms with Crippen LogP contribution in [0.3, 0.4) is 0 Å². The summed E-state index contributed by atoms with van der Waals surface area (Å²) in [7, 11) is 0. The Kier molecular flexibility index (Phi) is 3.72. The average molecular weight is 184 g/mol. The van der Waals surface area contributed by atoms with E-state index in [1.54, 1.807) is 0 Å². The SMILES string of the molecule is CC(C)NC(C(N)=O)C1CCCC1. The molecule has 1 amide bonds. The van der Waals surface area contributed by atoms with Gasteiger partial charge in [0.2, 0.25) is 5.91 Å². The van der Waals surface area contributed by atoms with E-state index in [1.807, 2.05) is 13.8 Å². The number of carbonyl (C=O) groups excluding carboxylic acids is 1. The van der Waals surface area contributed by atoms with Crippen molar-refractivity contribution in [3.63, 3.8) is 0 Å². The van der Waals surface area contributed by atoms with Crippen molar-refractivity contribution in [3.05, 3.63) is 0 Å². The van der Waals surface area contributed by atoms with Crippen molar-refractivity contribution in [2.24, 2.45) is 11.7 Å². The molecule has 0 aromatic rings. The van der Waals surface area contributed by atoms with Gasteiger partial charge in [-0.2, -0.15) is 0 Å². The van der Waals surface area contributed by atoms with Gasteiger partial charge in [-0.15, -0.1) is 0 Å². The van der Waals surface area contributed by atoms with Crippen molar-refractivity contribution >= 4 is 5.91 Å². The summed E-state index contributed by atoms with van der Waals surface area (Å²) in [6.07, 6.45) is 4.78. The van der Waals surface area contributed by atoms with Gasteiger partial charge in [-0.25, -0.2) is 0 Å². The lowest BCUT2D eigenvalue weighted by Gasteiger charge is -2.23. The zero-order chi connectivity index (χ0) is 9.84. The van der Waals surface area contributed by atoms with E-state index < -0.39 is 0 Å². The number of rotatable bonds is 4. The second-order valence-electron chi connectivity index (χ2n) is 4.25. The molecule has 1 saturated carbocycles. The predicted molar refractivity (Wildman–Crippen MR) is 53.2 cm³/mol. The molecule has 0 aromatic heterocycles. The van der Waals surface area contributed by atoms with Gasteiger partial charge in [0.1, 0.15) is 0 Å². The second kappa shape index (κ2) is 4.61. The molecule has 76 valence electrons. The molecule has 3 nitrogen and oxygen atoms in total. The molecular formula is C10H20N2O. The molecule has 1 unspecified atom stereocenters. The van der Waals surface area contributed by atoms with E-state index in [9.17, 15) is 4.79 Å². The highest BCUT2D eigenvalue weighted by molar-refractivity contribution is 5.80. The van der Waals surface area contributed by atoms with Crippen LogP contribution in [-0.4, -0.2) is 18.0 Å².